The van der Waals surface area contributed by atoms with Crippen molar-refractivity contribution >= 4 is 23.2 Å². The molecule has 0 spiro atoms. The van der Waals surface area contributed by atoms with Crippen LogP contribution in [-0.2, 0) is 4.79 Å². The second-order valence-corrected chi connectivity index (χ2v) is 4.90. The fraction of sp³-hybridized carbons (Fsp3) is 0.188. The minimum atomic E-state index is -0.658. The first kappa shape index (κ1) is 15.3. The van der Waals surface area contributed by atoms with Crippen molar-refractivity contribution in [3.8, 4) is 5.75 Å². The highest BCUT2D eigenvalue weighted by Crippen LogP contribution is 2.18. The summed E-state index contributed by atoms with van der Waals surface area (Å²) in [7, 11) is 0. The first-order valence-corrected chi connectivity index (χ1v) is 6.95. The smallest absolute Gasteiger partial charge is 0.265 e. The Hall–Kier alpha value is -2.07. The molecule has 0 aliphatic rings. The summed E-state index contributed by atoms with van der Waals surface area (Å²) in [5, 5.41) is 3.28. The Balaban J connectivity index is 2.03. The van der Waals surface area contributed by atoms with E-state index in [4.69, 9.17) is 16.3 Å². The number of rotatable bonds is 5. The van der Waals surface area contributed by atoms with Crippen molar-refractivity contribution in [3.63, 3.8) is 0 Å². The van der Waals surface area contributed by atoms with E-state index in [-0.39, 0.29) is 11.7 Å². The maximum atomic E-state index is 12.8. The molecule has 5 heteroatoms. The standard InChI is InChI=1S/C16H15ClFNO2/c1-2-15(21-14-8-6-12(18)7-9-14)16(20)19-13-5-3-4-11(17)10-13/h3-10,15H,2H2,1H3,(H,19,20). The summed E-state index contributed by atoms with van der Waals surface area (Å²) in [5.41, 5.74) is 0.605. The van der Waals surface area contributed by atoms with Gasteiger partial charge in [0.1, 0.15) is 11.6 Å². The van der Waals surface area contributed by atoms with Crippen LogP contribution in [0.3, 0.4) is 0 Å². The van der Waals surface area contributed by atoms with E-state index in [1.54, 1.807) is 24.3 Å². The predicted octanol–water partition coefficient (Wildman–Crippen LogP) is 4.28. The van der Waals surface area contributed by atoms with E-state index in [0.29, 0.717) is 22.9 Å². The normalized spacial score (nSPS) is 11.8. The predicted molar refractivity (Wildman–Crippen MR) is 81.2 cm³/mol. The number of ether oxygens (including phenoxy) is 1. The third-order valence-electron chi connectivity index (χ3n) is 2.85. The van der Waals surface area contributed by atoms with Gasteiger partial charge < -0.3 is 10.1 Å². The minimum absolute atomic E-state index is 0.274. The van der Waals surface area contributed by atoms with Crippen molar-refractivity contribution in [3.05, 3.63) is 59.4 Å². The fourth-order valence-electron chi connectivity index (χ4n) is 1.79. The van der Waals surface area contributed by atoms with Crippen molar-refractivity contribution in [1.82, 2.24) is 0 Å². The molecule has 0 saturated carbocycles. The highest BCUT2D eigenvalue weighted by atomic mass is 35.5. The summed E-state index contributed by atoms with van der Waals surface area (Å²) in [6, 6.07) is 12.4. The van der Waals surface area contributed by atoms with Gasteiger partial charge >= 0.3 is 0 Å². The lowest BCUT2D eigenvalue weighted by Crippen LogP contribution is -2.32. The van der Waals surface area contributed by atoms with Crippen molar-refractivity contribution in [1.29, 1.82) is 0 Å². The van der Waals surface area contributed by atoms with E-state index in [2.05, 4.69) is 5.32 Å². The molecule has 110 valence electrons. The molecule has 0 aliphatic heterocycles. The number of nitrogens with one attached hydrogen (secondary N) is 1. The third kappa shape index (κ3) is 4.46. The van der Waals surface area contributed by atoms with Crippen LogP contribution in [-0.4, -0.2) is 12.0 Å². The van der Waals surface area contributed by atoms with Gasteiger partial charge in [-0.2, -0.15) is 0 Å². The van der Waals surface area contributed by atoms with Crippen LogP contribution in [0.4, 0.5) is 10.1 Å². The summed E-state index contributed by atoms with van der Waals surface area (Å²) in [6.07, 6.45) is -0.168. The third-order valence-corrected chi connectivity index (χ3v) is 3.08. The van der Waals surface area contributed by atoms with Crippen LogP contribution in [0.5, 0.6) is 5.75 Å². The van der Waals surface area contributed by atoms with Crippen molar-refractivity contribution in [2.45, 2.75) is 19.4 Å². The second kappa shape index (κ2) is 7.09. The molecular formula is C16H15ClFNO2. The molecule has 2 aromatic carbocycles. The van der Waals surface area contributed by atoms with Gasteiger partial charge in [-0.3, -0.25) is 4.79 Å². The molecule has 0 aliphatic carbocycles. The Bertz CT molecular complexity index is 616. The van der Waals surface area contributed by atoms with Gasteiger partial charge in [-0.25, -0.2) is 4.39 Å². The Morgan fingerprint density at radius 3 is 2.62 bits per heavy atom. The zero-order valence-corrected chi connectivity index (χ0v) is 12.2. The number of benzene rings is 2. The van der Waals surface area contributed by atoms with Crippen molar-refractivity contribution < 1.29 is 13.9 Å². The number of hydrogen-bond donors (Lipinski definition) is 1. The molecule has 21 heavy (non-hydrogen) atoms. The Kier molecular flexibility index (Phi) is 5.17. The Morgan fingerprint density at radius 2 is 2.00 bits per heavy atom. The maximum Gasteiger partial charge on any atom is 0.265 e. The second-order valence-electron chi connectivity index (χ2n) is 4.47. The summed E-state index contributed by atoms with van der Waals surface area (Å²) >= 11 is 5.87. The molecule has 0 bridgehead atoms. The van der Waals surface area contributed by atoms with E-state index in [1.165, 1.54) is 24.3 Å². The largest absolute Gasteiger partial charge is 0.481 e. The SMILES string of the molecule is CCC(Oc1ccc(F)cc1)C(=O)Nc1cccc(Cl)c1. The quantitative estimate of drug-likeness (QED) is 0.895. The molecule has 1 amide bonds. The van der Waals surface area contributed by atoms with E-state index in [0.717, 1.165) is 0 Å². The lowest BCUT2D eigenvalue weighted by molar-refractivity contribution is -0.122. The van der Waals surface area contributed by atoms with Crippen LogP contribution in [0.1, 0.15) is 13.3 Å². The molecule has 1 N–H and O–H groups in total. The van der Waals surface area contributed by atoms with Crippen LogP contribution in [0.15, 0.2) is 48.5 Å². The van der Waals surface area contributed by atoms with Crippen molar-refractivity contribution in [2.24, 2.45) is 0 Å². The molecule has 3 nitrogen and oxygen atoms in total. The van der Waals surface area contributed by atoms with E-state index >= 15 is 0 Å². The number of carbonyl (C=O) groups is 1. The van der Waals surface area contributed by atoms with Gasteiger partial charge in [-0.05, 0) is 48.9 Å². The van der Waals surface area contributed by atoms with Gasteiger partial charge in [0.25, 0.3) is 5.91 Å². The van der Waals surface area contributed by atoms with Crippen LogP contribution < -0.4 is 10.1 Å². The molecule has 2 aromatic rings. The minimum Gasteiger partial charge on any atom is -0.481 e. The molecule has 2 rings (SSSR count). The molecule has 1 unspecified atom stereocenters. The number of amides is 1. The van der Waals surface area contributed by atoms with Gasteiger partial charge in [-0.1, -0.05) is 24.6 Å². The first-order valence-electron chi connectivity index (χ1n) is 6.57. The highest BCUT2D eigenvalue weighted by Gasteiger charge is 2.18. The maximum absolute atomic E-state index is 12.8. The topological polar surface area (TPSA) is 38.3 Å². The van der Waals surface area contributed by atoms with Crippen LogP contribution in [0.2, 0.25) is 5.02 Å². The monoisotopic (exact) mass is 307 g/mol. The van der Waals surface area contributed by atoms with E-state index in [1.807, 2.05) is 6.92 Å². The zero-order chi connectivity index (χ0) is 15.2. The Labute approximate surface area is 127 Å². The molecule has 0 radical (unpaired) electrons. The highest BCUT2D eigenvalue weighted by molar-refractivity contribution is 6.30. The number of halogens is 2. The molecule has 0 aromatic heterocycles. The summed E-state index contributed by atoms with van der Waals surface area (Å²) in [6.45, 7) is 1.84. The van der Waals surface area contributed by atoms with E-state index < -0.39 is 6.10 Å². The molecule has 0 fully saturated rings. The van der Waals surface area contributed by atoms with Crippen molar-refractivity contribution in [2.75, 3.05) is 5.32 Å². The van der Waals surface area contributed by atoms with Crippen LogP contribution in [0.25, 0.3) is 0 Å². The van der Waals surface area contributed by atoms with Gasteiger partial charge in [0.2, 0.25) is 0 Å². The van der Waals surface area contributed by atoms with Gasteiger partial charge in [0.15, 0.2) is 6.10 Å². The van der Waals surface area contributed by atoms with Gasteiger partial charge in [0, 0.05) is 10.7 Å². The lowest BCUT2D eigenvalue weighted by atomic mass is 10.2. The van der Waals surface area contributed by atoms with Gasteiger partial charge in [-0.15, -0.1) is 0 Å². The molecule has 0 saturated heterocycles. The number of hydrogen-bond acceptors (Lipinski definition) is 2. The summed E-state index contributed by atoms with van der Waals surface area (Å²) in [5.74, 6) is -0.174. The van der Waals surface area contributed by atoms with Gasteiger partial charge in [0.05, 0.1) is 0 Å². The van der Waals surface area contributed by atoms with E-state index in [9.17, 15) is 9.18 Å². The first-order chi connectivity index (χ1) is 10.1. The van der Waals surface area contributed by atoms with Crippen LogP contribution >= 0.6 is 11.6 Å². The number of carbonyl (C=O) groups excluding carboxylic acids is 1. The Morgan fingerprint density at radius 1 is 1.29 bits per heavy atom. The fourth-order valence-corrected chi connectivity index (χ4v) is 1.98. The number of anilines is 1. The molecular weight excluding hydrogens is 293 g/mol. The molecule has 1 atom stereocenters. The van der Waals surface area contributed by atoms with Crippen LogP contribution in [0, 0.1) is 5.82 Å². The zero-order valence-electron chi connectivity index (χ0n) is 11.5. The summed E-state index contributed by atoms with van der Waals surface area (Å²) in [4.78, 5) is 12.2. The summed E-state index contributed by atoms with van der Waals surface area (Å²) < 4.78 is 18.4. The molecule has 0 heterocycles. The lowest BCUT2D eigenvalue weighted by Gasteiger charge is -2.17. The average molecular weight is 308 g/mol. The average Bonchev–Trinajstić information content (AvgIpc) is 2.46.